The smallest absolute Gasteiger partial charge is 0.225 e. The summed E-state index contributed by atoms with van der Waals surface area (Å²) in [6, 6.07) is 1.96. The van der Waals surface area contributed by atoms with E-state index >= 15 is 0 Å². The summed E-state index contributed by atoms with van der Waals surface area (Å²) in [6.07, 6.45) is 1.30. The Balaban J connectivity index is 2.23. The van der Waals surface area contributed by atoms with Crippen molar-refractivity contribution in [1.29, 1.82) is 0 Å². The summed E-state index contributed by atoms with van der Waals surface area (Å²) >= 11 is 0. The van der Waals surface area contributed by atoms with Crippen molar-refractivity contribution < 1.29 is 0 Å². The largest absolute Gasteiger partial charge is 0.340 e. The molecule has 0 aromatic carbocycles. The van der Waals surface area contributed by atoms with Gasteiger partial charge in [-0.2, -0.15) is 0 Å². The van der Waals surface area contributed by atoms with Gasteiger partial charge in [0, 0.05) is 25.3 Å². The first-order chi connectivity index (χ1) is 8.08. The summed E-state index contributed by atoms with van der Waals surface area (Å²) in [5.41, 5.74) is 7.59. The molecule has 94 valence electrons. The zero-order chi connectivity index (χ0) is 12.4. The molecule has 4 heteroatoms. The molecule has 1 aromatic rings. The minimum atomic E-state index is 0.481. The minimum absolute atomic E-state index is 0.481. The monoisotopic (exact) mass is 234 g/mol. The molecule has 0 bridgehead atoms. The van der Waals surface area contributed by atoms with Crippen LogP contribution < -0.4 is 10.6 Å². The van der Waals surface area contributed by atoms with Crippen molar-refractivity contribution in [2.75, 3.05) is 18.0 Å². The molecule has 1 saturated heterocycles. The third-order valence-electron chi connectivity index (χ3n) is 3.26. The molecule has 2 N–H and O–H groups in total. The molecule has 0 spiro atoms. The number of aryl methyl sites for hydroxylation is 1. The van der Waals surface area contributed by atoms with E-state index in [1.165, 1.54) is 6.42 Å². The van der Waals surface area contributed by atoms with Gasteiger partial charge >= 0.3 is 0 Å². The second-order valence-electron chi connectivity index (χ2n) is 5.36. The number of aromatic nitrogens is 2. The van der Waals surface area contributed by atoms with Crippen molar-refractivity contribution in [3.63, 3.8) is 0 Å². The zero-order valence-electron chi connectivity index (χ0n) is 11.0. The molecule has 4 nitrogen and oxygen atoms in total. The molecule has 17 heavy (non-hydrogen) atoms. The fourth-order valence-corrected chi connectivity index (χ4v) is 2.69. The van der Waals surface area contributed by atoms with E-state index in [0.717, 1.165) is 30.4 Å². The van der Waals surface area contributed by atoms with Crippen LogP contribution in [-0.2, 0) is 6.54 Å². The van der Waals surface area contributed by atoms with Gasteiger partial charge in [0.05, 0.1) is 5.69 Å². The first-order valence-corrected chi connectivity index (χ1v) is 6.38. The molecule has 1 aromatic heterocycles. The van der Waals surface area contributed by atoms with Crippen LogP contribution in [0.25, 0.3) is 0 Å². The van der Waals surface area contributed by atoms with E-state index in [0.29, 0.717) is 18.4 Å². The Labute approximate surface area is 103 Å². The molecule has 2 heterocycles. The third-order valence-corrected chi connectivity index (χ3v) is 3.26. The SMILES string of the molecule is Cc1cc(CN)nc(N2CC(C)CC(C)C2)n1. The number of nitrogens with zero attached hydrogens (tertiary/aromatic N) is 3. The van der Waals surface area contributed by atoms with E-state index in [-0.39, 0.29) is 0 Å². The van der Waals surface area contributed by atoms with Gasteiger partial charge in [0.2, 0.25) is 5.95 Å². The summed E-state index contributed by atoms with van der Waals surface area (Å²) in [5, 5.41) is 0. The molecule has 1 aliphatic rings. The summed E-state index contributed by atoms with van der Waals surface area (Å²) in [6.45, 7) is 9.18. The van der Waals surface area contributed by atoms with Crippen LogP contribution in [-0.4, -0.2) is 23.1 Å². The van der Waals surface area contributed by atoms with Gasteiger partial charge in [-0.25, -0.2) is 9.97 Å². The lowest BCUT2D eigenvalue weighted by Gasteiger charge is -2.35. The van der Waals surface area contributed by atoms with E-state index in [9.17, 15) is 0 Å². The van der Waals surface area contributed by atoms with Gasteiger partial charge < -0.3 is 10.6 Å². The predicted octanol–water partition coefficient (Wildman–Crippen LogP) is 1.73. The van der Waals surface area contributed by atoms with Gasteiger partial charge in [0.25, 0.3) is 0 Å². The Kier molecular flexibility index (Phi) is 3.62. The van der Waals surface area contributed by atoms with Crippen LogP contribution in [0.5, 0.6) is 0 Å². The first kappa shape index (κ1) is 12.3. The van der Waals surface area contributed by atoms with Crippen molar-refractivity contribution in [2.24, 2.45) is 17.6 Å². The van der Waals surface area contributed by atoms with Crippen LogP contribution in [0.3, 0.4) is 0 Å². The van der Waals surface area contributed by atoms with Crippen molar-refractivity contribution in [3.8, 4) is 0 Å². The number of rotatable bonds is 2. The normalized spacial score (nSPS) is 25.1. The Morgan fingerprint density at radius 3 is 2.53 bits per heavy atom. The summed E-state index contributed by atoms with van der Waals surface area (Å²) in [4.78, 5) is 11.4. The van der Waals surface area contributed by atoms with Gasteiger partial charge in [-0.05, 0) is 31.2 Å². The van der Waals surface area contributed by atoms with Crippen LogP contribution in [0.15, 0.2) is 6.07 Å². The average molecular weight is 234 g/mol. The fourth-order valence-electron chi connectivity index (χ4n) is 2.69. The maximum atomic E-state index is 5.66. The molecule has 0 saturated carbocycles. The standard InChI is InChI=1S/C13H22N4/c1-9-4-10(2)8-17(7-9)13-15-11(3)5-12(6-14)16-13/h5,9-10H,4,6-8,14H2,1-3H3. The number of anilines is 1. The average Bonchev–Trinajstić information content (AvgIpc) is 2.26. The highest BCUT2D eigenvalue weighted by Gasteiger charge is 2.23. The lowest BCUT2D eigenvalue weighted by atomic mass is 9.92. The van der Waals surface area contributed by atoms with Crippen LogP contribution in [0.4, 0.5) is 5.95 Å². The van der Waals surface area contributed by atoms with E-state index < -0.39 is 0 Å². The van der Waals surface area contributed by atoms with Gasteiger partial charge in [-0.3, -0.25) is 0 Å². The molecule has 2 unspecified atom stereocenters. The van der Waals surface area contributed by atoms with Crippen LogP contribution in [0, 0.1) is 18.8 Å². The zero-order valence-corrected chi connectivity index (χ0v) is 11.0. The maximum Gasteiger partial charge on any atom is 0.225 e. The molecule has 0 aliphatic carbocycles. The number of hydrogen-bond donors (Lipinski definition) is 1. The maximum absolute atomic E-state index is 5.66. The highest BCUT2D eigenvalue weighted by molar-refractivity contribution is 5.33. The number of piperidine rings is 1. The van der Waals surface area contributed by atoms with Crippen molar-refractivity contribution in [1.82, 2.24) is 9.97 Å². The van der Waals surface area contributed by atoms with E-state index in [1.54, 1.807) is 0 Å². The van der Waals surface area contributed by atoms with Gasteiger partial charge in [0.1, 0.15) is 0 Å². The molecule has 0 radical (unpaired) electrons. The lowest BCUT2D eigenvalue weighted by Crippen LogP contribution is -2.39. The van der Waals surface area contributed by atoms with Crippen LogP contribution in [0.2, 0.25) is 0 Å². The molecule has 1 aliphatic heterocycles. The number of hydrogen-bond acceptors (Lipinski definition) is 4. The first-order valence-electron chi connectivity index (χ1n) is 6.38. The van der Waals surface area contributed by atoms with Gasteiger partial charge in [0.15, 0.2) is 0 Å². The van der Waals surface area contributed by atoms with E-state index in [4.69, 9.17) is 5.73 Å². The highest BCUT2D eigenvalue weighted by atomic mass is 15.3. The van der Waals surface area contributed by atoms with E-state index in [2.05, 4.69) is 28.7 Å². The highest BCUT2D eigenvalue weighted by Crippen LogP contribution is 2.24. The summed E-state index contributed by atoms with van der Waals surface area (Å²) in [7, 11) is 0. The van der Waals surface area contributed by atoms with E-state index in [1.807, 2.05) is 13.0 Å². The molecular formula is C13H22N4. The van der Waals surface area contributed by atoms with Crippen LogP contribution >= 0.6 is 0 Å². The third kappa shape index (κ3) is 2.94. The lowest BCUT2D eigenvalue weighted by molar-refractivity contribution is 0.353. The minimum Gasteiger partial charge on any atom is -0.340 e. The topological polar surface area (TPSA) is 55.0 Å². The molecule has 0 amide bonds. The molecular weight excluding hydrogens is 212 g/mol. The van der Waals surface area contributed by atoms with Crippen LogP contribution in [0.1, 0.15) is 31.7 Å². The van der Waals surface area contributed by atoms with Gasteiger partial charge in [-0.1, -0.05) is 13.8 Å². The number of nitrogens with two attached hydrogens (primary N) is 1. The molecule has 1 fully saturated rings. The van der Waals surface area contributed by atoms with Crippen molar-refractivity contribution >= 4 is 5.95 Å². The Morgan fingerprint density at radius 1 is 1.29 bits per heavy atom. The van der Waals surface area contributed by atoms with Crippen molar-refractivity contribution in [2.45, 2.75) is 33.7 Å². The Bertz CT molecular complexity index is 381. The van der Waals surface area contributed by atoms with Crippen molar-refractivity contribution in [3.05, 3.63) is 17.5 Å². The predicted molar refractivity (Wildman–Crippen MR) is 69.8 cm³/mol. The van der Waals surface area contributed by atoms with Gasteiger partial charge in [-0.15, -0.1) is 0 Å². The summed E-state index contributed by atoms with van der Waals surface area (Å²) in [5.74, 6) is 2.28. The Morgan fingerprint density at radius 2 is 1.94 bits per heavy atom. The fraction of sp³-hybridized carbons (Fsp3) is 0.692. The molecule has 2 atom stereocenters. The second-order valence-corrected chi connectivity index (χ2v) is 5.36. The second kappa shape index (κ2) is 5.00. The molecule has 2 rings (SSSR count). The summed E-state index contributed by atoms with van der Waals surface area (Å²) < 4.78 is 0. The Hall–Kier alpha value is -1.16. The quantitative estimate of drug-likeness (QED) is 0.846.